The van der Waals surface area contributed by atoms with E-state index in [9.17, 15) is 0 Å². The highest BCUT2D eigenvalue weighted by molar-refractivity contribution is 6.30. The number of ether oxygens (including phenoxy) is 1. The van der Waals surface area contributed by atoms with E-state index in [1.165, 1.54) is 11.1 Å². The molecule has 0 atom stereocenters. The average molecular weight is 304 g/mol. The normalized spacial score (nSPS) is 11.0. The van der Waals surface area contributed by atoms with E-state index in [4.69, 9.17) is 16.3 Å². The average Bonchev–Trinajstić information content (AvgIpc) is 2.43. The Morgan fingerprint density at radius 2 is 1.81 bits per heavy atom. The summed E-state index contributed by atoms with van der Waals surface area (Å²) in [6, 6.07) is 12.3. The summed E-state index contributed by atoms with van der Waals surface area (Å²) in [5.74, 6) is 1.70. The van der Waals surface area contributed by atoms with Gasteiger partial charge in [0.2, 0.25) is 0 Å². The van der Waals surface area contributed by atoms with Crippen LogP contribution in [0.5, 0.6) is 11.5 Å². The zero-order valence-corrected chi connectivity index (χ0v) is 13.8. The van der Waals surface area contributed by atoms with Crippen LogP contribution in [0, 0.1) is 13.8 Å². The second-order valence-electron chi connectivity index (χ2n) is 5.64. The Balaban J connectivity index is 2.23. The van der Waals surface area contributed by atoms with Gasteiger partial charge in [-0.15, -0.1) is 0 Å². The van der Waals surface area contributed by atoms with Gasteiger partial charge in [0.05, 0.1) is 0 Å². The van der Waals surface area contributed by atoms with Crippen LogP contribution in [0.25, 0.3) is 0 Å². The van der Waals surface area contributed by atoms with Crippen molar-refractivity contribution in [3.63, 3.8) is 0 Å². The van der Waals surface area contributed by atoms with Crippen LogP contribution in [0.15, 0.2) is 36.4 Å². The van der Waals surface area contributed by atoms with Crippen LogP contribution in [0.4, 0.5) is 0 Å². The summed E-state index contributed by atoms with van der Waals surface area (Å²) >= 11 is 6.10. The first kappa shape index (κ1) is 15.9. The van der Waals surface area contributed by atoms with Gasteiger partial charge in [0.15, 0.2) is 0 Å². The Labute approximate surface area is 132 Å². The first-order valence-electron chi connectivity index (χ1n) is 7.22. The number of hydrogen-bond acceptors (Lipinski definition) is 2. The molecular formula is C18H22ClNO. The van der Waals surface area contributed by atoms with Gasteiger partial charge in [-0.05, 0) is 55.3 Å². The molecule has 0 radical (unpaired) electrons. The van der Waals surface area contributed by atoms with Gasteiger partial charge < -0.3 is 10.1 Å². The number of rotatable bonds is 5. The molecule has 0 spiro atoms. The van der Waals surface area contributed by atoms with E-state index < -0.39 is 0 Å². The predicted molar refractivity (Wildman–Crippen MR) is 89.4 cm³/mol. The third-order valence-electron chi connectivity index (χ3n) is 3.43. The molecule has 0 aliphatic heterocycles. The van der Waals surface area contributed by atoms with Crippen LogP contribution >= 0.6 is 11.6 Å². The highest BCUT2D eigenvalue weighted by Gasteiger charge is 2.07. The number of halogens is 1. The Morgan fingerprint density at radius 1 is 1.05 bits per heavy atom. The summed E-state index contributed by atoms with van der Waals surface area (Å²) in [7, 11) is 0. The van der Waals surface area contributed by atoms with Gasteiger partial charge in [-0.25, -0.2) is 0 Å². The van der Waals surface area contributed by atoms with E-state index in [1.54, 1.807) is 0 Å². The third-order valence-corrected chi connectivity index (χ3v) is 3.66. The molecule has 0 saturated carbocycles. The Bertz CT molecular complexity index is 623. The maximum atomic E-state index is 6.10. The zero-order chi connectivity index (χ0) is 15.4. The van der Waals surface area contributed by atoms with Crippen molar-refractivity contribution < 1.29 is 4.74 Å². The van der Waals surface area contributed by atoms with Crippen molar-refractivity contribution in [3.8, 4) is 11.5 Å². The summed E-state index contributed by atoms with van der Waals surface area (Å²) in [4.78, 5) is 0. The van der Waals surface area contributed by atoms with Gasteiger partial charge in [0.25, 0.3) is 0 Å². The fourth-order valence-corrected chi connectivity index (χ4v) is 2.20. The van der Waals surface area contributed by atoms with Crippen molar-refractivity contribution in [3.05, 3.63) is 58.1 Å². The largest absolute Gasteiger partial charge is 0.457 e. The summed E-state index contributed by atoms with van der Waals surface area (Å²) in [6.45, 7) is 9.16. The van der Waals surface area contributed by atoms with Crippen molar-refractivity contribution >= 4 is 11.6 Å². The van der Waals surface area contributed by atoms with E-state index in [0.29, 0.717) is 6.04 Å². The maximum Gasteiger partial charge on any atom is 0.132 e. The Hall–Kier alpha value is -1.51. The Morgan fingerprint density at radius 3 is 2.48 bits per heavy atom. The minimum absolute atomic E-state index is 0.415. The lowest BCUT2D eigenvalue weighted by Crippen LogP contribution is -2.22. The molecule has 0 amide bonds. The summed E-state index contributed by atoms with van der Waals surface area (Å²) in [5.41, 5.74) is 3.55. The topological polar surface area (TPSA) is 21.3 Å². The van der Waals surface area contributed by atoms with E-state index >= 15 is 0 Å². The molecule has 3 heteroatoms. The fraction of sp³-hybridized carbons (Fsp3) is 0.333. The minimum atomic E-state index is 0.415. The zero-order valence-electron chi connectivity index (χ0n) is 13.0. The molecule has 2 aromatic rings. The second-order valence-corrected chi connectivity index (χ2v) is 6.07. The van der Waals surface area contributed by atoms with E-state index in [1.807, 2.05) is 24.3 Å². The number of benzene rings is 2. The molecule has 21 heavy (non-hydrogen) atoms. The SMILES string of the molecule is Cc1ccc(Oc2ccc(Cl)cc2CNC(C)C)cc1C. The molecule has 2 rings (SSSR count). The van der Waals surface area contributed by atoms with Crippen LogP contribution in [0.2, 0.25) is 5.02 Å². The monoisotopic (exact) mass is 303 g/mol. The lowest BCUT2D eigenvalue weighted by atomic mass is 10.1. The number of hydrogen-bond donors (Lipinski definition) is 1. The van der Waals surface area contributed by atoms with Gasteiger partial charge in [-0.1, -0.05) is 31.5 Å². The van der Waals surface area contributed by atoms with Crippen LogP contribution in [0.3, 0.4) is 0 Å². The third kappa shape index (κ3) is 4.48. The van der Waals surface area contributed by atoms with Crippen molar-refractivity contribution in [2.75, 3.05) is 0 Å². The fourth-order valence-electron chi connectivity index (χ4n) is 2.00. The van der Waals surface area contributed by atoms with E-state index in [2.05, 4.69) is 45.1 Å². The Kier molecular flexibility index (Phi) is 5.27. The van der Waals surface area contributed by atoms with Crippen LogP contribution < -0.4 is 10.1 Å². The van der Waals surface area contributed by atoms with Gasteiger partial charge >= 0.3 is 0 Å². The van der Waals surface area contributed by atoms with Crippen LogP contribution in [-0.4, -0.2) is 6.04 Å². The van der Waals surface area contributed by atoms with Gasteiger partial charge in [-0.2, -0.15) is 0 Å². The standard InChI is InChI=1S/C18H22ClNO/c1-12(2)20-11-15-10-16(19)6-8-18(15)21-17-7-5-13(3)14(4)9-17/h5-10,12,20H,11H2,1-4H3. The quantitative estimate of drug-likeness (QED) is 0.815. The summed E-state index contributed by atoms with van der Waals surface area (Å²) in [5, 5.41) is 4.12. The molecule has 0 heterocycles. The van der Waals surface area contributed by atoms with E-state index in [-0.39, 0.29) is 0 Å². The molecule has 0 aliphatic rings. The highest BCUT2D eigenvalue weighted by atomic mass is 35.5. The van der Waals surface area contributed by atoms with Gasteiger partial charge in [-0.3, -0.25) is 0 Å². The molecule has 1 N–H and O–H groups in total. The van der Waals surface area contributed by atoms with Crippen molar-refractivity contribution in [1.82, 2.24) is 5.32 Å². The van der Waals surface area contributed by atoms with Crippen LogP contribution in [-0.2, 0) is 6.54 Å². The molecular weight excluding hydrogens is 282 g/mol. The molecule has 0 aromatic heterocycles. The van der Waals surface area contributed by atoms with Crippen molar-refractivity contribution in [2.24, 2.45) is 0 Å². The van der Waals surface area contributed by atoms with Crippen molar-refractivity contribution in [2.45, 2.75) is 40.3 Å². The molecule has 0 fully saturated rings. The first-order chi connectivity index (χ1) is 9.95. The highest BCUT2D eigenvalue weighted by Crippen LogP contribution is 2.29. The molecule has 2 nitrogen and oxygen atoms in total. The maximum absolute atomic E-state index is 6.10. The van der Waals surface area contributed by atoms with Crippen molar-refractivity contribution in [1.29, 1.82) is 0 Å². The molecule has 0 saturated heterocycles. The molecule has 0 bridgehead atoms. The summed E-state index contributed by atoms with van der Waals surface area (Å²) < 4.78 is 6.03. The molecule has 2 aromatic carbocycles. The number of nitrogens with one attached hydrogen (secondary N) is 1. The van der Waals surface area contributed by atoms with E-state index in [0.717, 1.165) is 28.6 Å². The minimum Gasteiger partial charge on any atom is -0.457 e. The lowest BCUT2D eigenvalue weighted by Gasteiger charge is -2.14. The lowest BCUT2D eigenvalue weighted by molar-refractivity contribution is 0.469. The number of aryl methyl sites for hydroxylation is 2. The molecule has 0 unspecified atom stereocenters. The smallest absolute Gasteiger partial charge is 0.132 e. The van der Waals surface area contributed by atoms with Gasteiger partial charge in [0, 0.05) is 23.2 Å². The predicted octanol–water partition coefficient (Wildman–Crippen LogP) is 5.25. The molecule has 112 valence electrons. The first-order valence-corrected chi connectivity index (χ1v) is 7.60. The summed E-state index contributed by atoms with van der Waals surface area (Å²) in [6.07, 6.45) is 0. The second kappa shape index (κ2) is 6.97. The van der Waals surface area contributed by atoms with Gasteiger partial charge in [0.1, 0.15) is 11.5 Å². The molecule has 0 aliphatic carbocycles. The van der Waals surface area contributed by atoms with Crippen LogP contribution in [0.1, 0.15) is 30.5 Å².